The maximum absolute atomic E-state index is 12.6. The van der Waals surface area contributed by atoms with Crippen LogP contribution in [0.1, 0.15) is 30.6 Å². The molecule has 0 spiro atoms. The van der Waals surface area contributed by atoms with Gasteiger partial charge in [0.25, 0.3) is 11.8 Å². The minimum absolute atomic E-state index is 0.102. The third-order valence-corrected chi connectivity index (χ3v) is 3.55. The topological polar surface area (TPSA) is 95.9 Å². The number of fused-ring (bicyclic) bond motifs is 1. The summed E-state index contributed by atoms with van der Waals surface area (Å²) in [6, 6.07) is 4.46. The number of carbonyl (C=O) groups excluding carboxylic acids is 2. The Labute approximate surface area is 127 Å². The molecule has 1 unspecified atom stereocenters. The zero-order valence-corrected chi connectivity index (χ0v) is 12.5. The van der Waals surface area contributed by atoms with Crippen molar-refractivity contribution in [2.75, 3.05) is 18.5 Å². The highest BCUT2D eigenvalue weighted by Crippen LogP contribution is 2.29. The lowest BCUT2D eigenvalue weighted by Crippen LogP contribution is -2.41. The molecule has 1 aliphatic heterocycles. The molecule has 0 radical (unpaired) electrons. The van der Waals surface area contributed by atoms with Gasteiger partial charge in [0.1, 0.15) is 12.3 Å². The van der Waals surface area contributed by atoms with Crippen molar-refractivity contribution < 1.29 is 24.2 Å². The van der Waals surface area contributed by atoms with E-state index in [1.807, 2.05) is 6.92 Å². The van der Waals surface area contributed by atoms with Crippen LogP contribution in [0.15, 0.2) is 18.2 Å². The number of amides is 2. The number of hydrogen-bond acceptors (Lipinski definition) is 4. The van der Waals surface area contributed by atoms with Crippen molar-refractivity contribution in [1.29, 1.82) is 0 Å². The average molecular weight is 306 g/mol. The van der Waals surface area contributed by atoms with Crippen LogP contribution in [-0.4, -0.2) is 47.0 Å². The van der Waals surface area contributed by atoms with Gasteiger partial charge in [-0.05, 0) is 31.5 Å². The first kappa shape index (κ1) is 15.8. The maximum atomic E-state index is 12.6. The van der Waals surface area contributed by atoms with Crippen LogP contribution >= 0.6 is 0 Å². The summed E-state index contributed by atoms with van der Waals surface area (Å²) < 4.78 is 5.28. The van der Waals surface area contributed by atoms with E-state index in [1.54, 1.807) is 19.1 Å². The Morgan fingerprint density at radius 3 is 2.82 bits per heavy atom. The van der Waals surface area contributed by atoms with Gasteiger partial charge in [-0.15, -0.1) is 0 Å². The summed E-state index contributed by atoms with van der Waals surface area (Å²) in [6.45, 7) is 3.23. The largest absolute Gasteiger partial charge is 0.482 e. The second-order valence-electron chi connectivity index (χ2n) is 5.13. The summed E-state index contributed by atoms with van der Waals surface area (Å²) in [7, 11) is 0. The van der Waals surface area contributed by atoms with Crippen molar-refractivity contribution in [3.05, 3.63) is 23.8 Å². The molecule has 0 aromatic heterocycles. The standard InChI is InChI=1S/C15H18N2O5/c1-3-9(2)17(7-14(19)20)15(21)10-4-5-11-12(6-10)22-8-13(18)16-11/h4-6,9H,3,7-8H2,1-2H3,(H,16,18)(H,19,20). The average Bonchev–Trinajstić information content (AvgIpc) is 2.50. The Morgan fingerprint density at radius 2 is 2.18 bits per heavy atom. The lowest BCUT2D eigenvalue weighted by atomic mass is 10.1. The van der Waals surface area contributed by atoms with E-state index in [4.69, 9.17) is 9.84 Å². The van der Waals surface area contributed by atoms with Crippen LogP contribution in [0.25, 0.3) is 0 Å². The fourth-order valence-corrected chi connectivity index (χ4v) is 2.17. The Hall–Kier alpha value is -2.57. The zero-order chi connectivity index (χ0) is 16.3. The number of hydrogen-bond donors (Lipinski definition) is 2. The van der Waals surface area contributed by atoms with E-state index >= 15 is 0 Å². The second-order valence-corrected chi connectivity index (χ2v) is 5.13. The predicted octanol–water partition coefficient (Wildman–Crippen LogP) is 1.34. The molecule has 0 saturated carbocycles. The lowest BCUT2D eigenvalue weighted by Gasteiger charge is -2.27. The summed E-state index contributed by atoms with van der Waals surface area (Å²) in [6.07, 6.45) is 0.649. The highest BCUT2D eigenvalue weighted by atomic mass is 16.5. The molecular formula is C15H18N2O5. The molecule has 7 heteroatoms. The minimum atomic E-state index is -1.06. The van der Waals surface area contributed by atoms with Crippen LogP contribution in [-0.2, 0) is 9.59 Å². The van der Waals surface area contributed by atoms with Gasteiger partial charge in [0.05, 0.1) is 5.69 Å². The predicted molar refractivity (Wildman–Crippen MR) is 79.0 cm³/mol. The Bertz CT molecular complexity index is 614. The van der Waals surface area contributed by atoms with E-state index < -0.39 is 5.97 Å². The number of anilines is 1. The van der Waals surface area contributed by atoms with Crippen molar-refractivity contribution in [1.82, 2.24) is 4.90 Å². The Morgan fingerprint density at radius 1 is 1.45 bits per heavy atom. The van der Waals surface area contributed by atoms with Gasteiger partial charge >= 0.3 is 5.97 Å². The quantitative estimate of drug-likeness (QED) is 0.856. The van der Waals surface area contributed by atoms with Gasteiger partial charge in [0.2, 0.25) is 0 Å². The molecule has 1 aliphatic rings. The monoisotopic (exact) mass is 306 g/mol. The fourth-order valence-electron chi connectivity index (χ4n) is 2.17. The molecule has 2 N–H and O–H groups in total. The number of nitrogens with zero attached hydrogens (tertiary/aromatic N) is 1. The van der Waals surface area contributed by atoms with E-state index in [9.17, 15) is 14.4 Å². The molecule has 1 heterocycles. The van der Waals surface area contributed by atoms with E-state index in [0.717, 1.165) is 0 Å². The van der Waals surface area contributed by atoms with Gasteiger partial charge < -0.3 is 20.1 Å². The van der Waals surface area contributed by atoms with Gasteiger partial charge in [0.15, 0.2) is 6.61 Å². The lowest BCUT2D eigenvalue weighted by molar-refractivity contribution is -0.138. The molecule has 118 valence electrons. The molecule has 0 fully saturated rings. The fraction of sp³-hybridized carbons (Fsp3) is 0.400. The SMILES string of the molecule is CCC(C)N(CC(=O)O)C(=O)c1ccc2c(c1)OCC(=O)N2. The summed E-state index contributed by atoms with van der Waals surface area (Å²) in [5, 5.41) is 11.6. The molecular weight excluding hydrogens is 288 g/mol. The summed E-state index contributed by atoms with van der Waals surface area (Å²) in [5.74, 6) is -1.28. The van der Waals surface area contributed by atoms with Crippen LogP contribution in [0.5, 0.6) is 5.75 Å². The molecule has 1 aromatic carbocycles. The molecule has 7 nitrogen and oxygen atoms in total. The third kappa shape index (κ3) is 3.36. The van der Waals surface area contributed by atoms with E-state index in [2.05, 4.69) is 5.32 Å². The first-order valence-electron chi connectivity index (χ1n) is 7.01. The van der Waals surface area contributed by atoms with Crippen molar-refractivity contribution in [3.8, 4) is 5.75 Å². The first-order valence-corrected chi connectivity index (χ1v) is 7.01. The summed E-state index contributed by atoms with van der Waals surface area (Å²) in [4.78, 5) is 36.1. The normalized spacial score (nSPS) is 14.4. The minimum Gasteiger partial charge on any atom is -0.482 e. The number of ether oxygens (including phenoxy) is 1. The van der Waals surface area contributed by atoms with Crippen LogP contribution in [0.3, 0.4) is 0 Å². The van der Waals surface area contributed by atoms with E-state index in [1.165, 1.54) is 11.0 Å². The number of carbonyl (C=O) groups is 3. The first-order chi connectivity index (χ1) is 10.4. The van der Waals surface area contributed by atoms with Crippen molar-refractivity contribution >= 4 is 23.5 Å². The van der Waals surface area contributed by atoms with Crippen molar-refractivity contribution in [3.63, 3.8) is 0 Å². The van der Waals surface area contributed by atoms with Gasteiger partial charge in [-0.3, -0.25) is 14.4 Å². The third-order valence-electron chi connectivity index (χ3n) is 3.55. The number of carboxylic acid groups (broad SMARTS) is 1. The maximum Gasteiger partial charge on any atom is 0.323 e. The van der Waals surface area contributed by atoms with Crippen LogP contribution < -0.4 is 10.1 Å². The van der Waals surface area contributed by atoms with Crippen molar-refractivity contribution in [2.24, 2.45) is 0 Å². The highest BCUT2D eigenvalue weighted by molar-refractivity contribution is 5.99. The Balaban J connectivity index is 2.27. The van der Waals surface area contributed by atoms with Gasteiger partial charge in [-0.25, -0.2) is 0 Å². The van der Waals surface area contributed by atoms with Crippen LogP contribution in [0, 0.1) is 0 Å². The van der Waals surface area contributed by atoms with Gasteiger partial charge in [-0.1, -0.05) is 6.92 Å². The molecule has 0 aliphatic carbocycles. The zero-order valence-electron chi connectivity index (χ0n) is 12.5. The highest BCUT2D eigenvalue weighted by Gasteiger charge is 2.25. The van der Waals surface area contributed by atoms with Gasteiger partial charge in [-0.2, -0.15) is 0 Å². The number of benzene rings is 1. The van der Waals surface area contributed by atoms with E-state index in [-0.39, 0.29) is 31.0 Å². The molecule has 2 rings (SSSR count). The number of aliphatic carboxylic acids is 1. The summed E-state index contributed by atoms with van der Waals surface area (Å²) >= 11 is 0. The molecule has 2 amide bonds. The van der Waals surface area contributed by atoms with Crippen LogP contribution in [0.2, 0.25) is 0 Å². The molecule has 1 aromatic rings. The summed E-state index contributed by atoms with van der Waals surface area (Å²) in [5.41, 5.74) is 0.831. The van der Waals surface area contributed by atoms with E-state index in [0.29, 0.717) is 23.4 Å². The number of rotatable bonds is 5. The smallest absolute Gasteiger partial charge is 0.323 e. The molecule has 22 heavy (non-hydrogen) atoms. The molecule has 1 atom stereocenters. The molecule has 0 bridgehead atoms. The number of carboxylic acids is 1. The van der Waals surface area contributed by atoms with Gasteiger partial charge in [0, 0.05) is 11.6 Å². The molecule has 0 saturated heterocycles. The second kappa shape index (κ2) is 6.46. The number of nitrogens with one attached hydrogen (secondary N) is 1. The van der Waals surface area contributed by atoms with Crippen molar-refractivity contribution in [2.45, 2.75) is 26.3 Å². The Kier molecular flexibility index (Phi) is 4.65. The van der Waals surface area contributed by atoms with Crippen LogP contribution in [0.4, 0.5) is 5.69 Å².